The predicted octanol–water partition coefficient (Wildman–Crippen LogP) is 3.46. The van der Waals surface area contributed by atoms with Crippen molar-refractivity contribution < 1.29 is 4.39 Å². The van der Waals surface area contributed by atoms with Crippen molar-refractivity contribution in [1.29, 1.82) is 0 Å². The van der Waals surface area contributed by atoms with Gasteiger partial charge in [-0.2, -0.15) is 0 Å². The van der Waals surface area contributed by atoms with E-state index in [-0.39, 0.29) is 5.82 Å². The molecule has 2 N–H and O–H groups in total. The fourth-order valence-electron chi connectivity index (χ4n) is 2.51. The lowest BCUT2D eigenvalue weighted by Crippen LogP contribution is -2.36. The summed E-state index contributed by atoms with van der Waals surface area (Å²) < 4.78 is 16.0. The van der Waals surface area contributed by atoms with Gasteiger partial charge in [-0.05, 0) is 23.6 Å². The first kappa shape index (κ1) is 19.0. The highest BCUT2D eigenvalue weighted by Crippen LogP contribution is 2.17. The van der Waals surface area contributed by atoms with Crippen molar-refractivity contribution in [2.75, 3.05) is 7.05 Å². The Morgan fingerprint density at radius 2 is 2.11 bits per heavy atom. The van der Waals surface area contributed by atoms with Gasteiger partial charge >= 0.3 is 0 Å². The van der Waals surface area contributed by atoms with Crippen LogP contribution in [0.15, 0.2) is 47.3 Å². The summed E-state index contributed by atoms with van der Waals surface area (Å²) in [5, 5.41) is 9.53. The Balaban J connectivity index is 1.55. The lowest BCUT2D eigenvalue weighted by molar-refractivity contribution is 0.615. The van der Waals surface area contributed by atoms with E-state index in [4.69, 9.17) is 0 Å². The maximum Gasteiger partial charge on any atom is 0.191 e. The number of hydrogen-bond donors (Lipinski definition) is 2. The van der Waals surface area contributed by atoms with Gasteiger partial charge in [0, 0.05) is 31.4 Å². The molecule has 27 heavy (non-hydrogen) atoms. The van der Waals surface area contributed by atoms with Crippen molar-refractivity contribution in [3.05, 3.63) is 64.4 Å². The second-order valence-corrected chi connectivity index (χ2v) is 7.30. The van der Waals surface area contributed by atoms with Crippen LogP contribution in [0.5, 0.6) is 0 Å². The van der Waals surface area contributed by atoms with Crippen LogP contribution in [0.2, 0.25) is 0 Å². The zero-order chi connectivity index (χ0) is 19.2. The fraction of sp³-hybridized carbons (Fsp3) is 0.316. The van der Waals surface area contributed by atoms with Crippen LogP contribution in [0.3, 0.4) is 0 Å². The van der Waals surface area contributed by atoms with Crippen LogP contribution in [0.1, 0.15) is 36.0 Å². The van der Waals surface area contributed by atoms with Crippen LogP contribution in [0.4, 0.5) is 4.39 Å². The van der Waals surface area contributed by atoms with E-state index in [2.05, 4.69) is 44.8 Å². The summed E-state index contributed by atoms with van der Waals surface area (Å²) in [5.41, 5.74) is 2.41. The normalized spacial score (nSPS) is 11.8. The smallest absolute Gasteiger partial charge is 0.191 e. The van der Waals surface area contributed by atoms with Gasteiger partial charge in [-0.3, -0.25) is 4.99 Å². The van der Waals surface area contributed by atoms with Crippen molar-refractivity contribution in [2.45, 2.75) is 32.9 Å². The Morgan fingerprint density at radius 3 is 2.74 bits per heavy atom. The Kier molecular flexibility index (Phi) is 6.18. The number of thiazole rings is 1. The second-order valence-electron chi connectivity index (χ2n) is 6.36. The molecule has 2 aromatic heterocycles. The number of aromatic nitrogens is 3. The monoisotopic (exact) mass is 386 g/mol. The second kappa shape index (κ2) is 8.77. The maximum absolute atomic E-state index is 14.3. The molecule has 0 fully saturated rings. The number of rotatable bonds is 6. The average Bonchev–Trinajstić information content (AvgIpc) is 3.34. The van der Waals surface area contributed by atoms with Gasteiger partial charge in [0.1, 0.15) is 10.8 Å². The number of guanidine groups is 1. The Labute approximate surface area is 162 Å². The van der Waals surface area contributed by atoms with E-state index < -0.39 is 0 Å². The summed E-state index contributed by atoms with van der Waals surface area (Å²) in [5.74, 6) is 0.780. The van der Waals surface area contributed by atoms with Gasteiger partial charge in [0.05, 0.1) is 24.3 Å². The molecule has 6 nitrogen and oxygen atoms in total. The molecular formula is C19H23FN6S. The fourth-order valence-corrected chi connectivity index (χ4v) is 3.40. The van der Waals surface area contributed by atoms with E-state index in [1.807, 2.05) is 6.07 Å². The number of benzene rings is 1. The van der Waals surface area contributed by atoms with Crippen molar-refractivity contribution in [3.63, 3.8) is 0 Å². The highest BCUT2D eigenvalue weighted by molar-refractivity contribution is 7.09. The molecule has 0 spiro atoms. The van der Waals surface area contributed by atoms with Crippen LogP contribution in [0.25, 0.3) is 5.69 Å². The Hall–Kier alpha value is -2.74. The summed E-state index contributed by atoms with van der Waals surface area (Å²) in [7, 11) is 1.71. The molecule has 3 rings (SSSR count). The largest absolute Gasteiger partial charge is 0.352 e. The molecule has 0 aliphatic carbocycles. The van der Waals surface area contributed by atoms with Gasteiger partial charge in [0.2, 0.25) is 0 Å². The SMILES string of the molecule is CN=C(NCc1ccc(-n2ccnc2)c(F)c1)NCc1nc(C(C)C)cs1. The van der Waals surface area contributed by atoms with Crippen LogP contribution in [-0.2, 0) is 13.1 Å². The quantitative estimate of drug-likeness (QED) is 0.503. The van der Waals surface area contributed by atoms with E-state index in [1.165, 1.54) is 6.07 Å². The van der Waals surface area contributed by atoms with Crippen LogP contribution >= 0.6 is 11.3 Å². The molecule has 2 heterocycles. The molecule has 0 atom stereocenters. The van der Waals surface area contributed by atoms with E-state index >= 15 is 0 Å². The molecule has 8 heteroatoms. The minimum Gasteiger partial charge on any atom is -0.352 e. The molecule has 0 aliphatic heterocycles. The minimum atomic E-state index is -0.292. The lowest BCUT2D eigenvalue weighted by Gasteiger charge is -2.12. The van der Waals surface area contributed by atoms with Gasteiger partial charge in [-0.1, -0.05) is 19.9 Å². The molecule has 0 saturated carbocycles. The van der Waals surface area contributed by atoms with Crippen LogP contribution in [-0.4, -0.2) is 27.5 Å². The summed E-state index contributed by atoms with van der Waals surface area (Å²) in [6.45, 7) is 5.33. The van der Waals surface area contributed by atoms with Gasteiger partial charge in [-0.15, -0.1) is 11.3 Å². The molecule has 0 radical (unpaired) electrons. The first-order valence-corrected chi connectivity index (χ1v) is 9.60. The predicted molar refractivity (Wildman–Crippen MR) is 107 cm³/mol. The minimum absolute atomic E-state index is 0.292. The third-order valence-corrected chi connectivity index (χ3v) is 4.91. The first-order valence-electron chi connectivity index (χ1n) is 8.72. The van der Waals surface area contributed by atoms with Gasteiger partial charge in [0.15, 0.2) is 5.96 Å². The molecule has 1 aromatic carbocycles. The summed E-state index contributed by atoms with van der Waals surface area (Å²) >= 11 is 1.63. The number of nitrogens with zero attached hydrogens (tertiary/aromatic N) is 4. The van der Waals surface area contributed by atoms with Crippen molar-refractivity contribution >= 4 is 17.3 Å². The number of hydrogen-bond acceptors (Lipinski definition) is 4. The Bertz CT molecular complexity index is 901. The lowest BCUT2D eigenvalue weighted by atomic mass is 10.2. The van der Waals surface area contributed by atoms with Gasteiger partial charge in [0.25, 0.3) is 0 Å². The maximum atomic E-state index is 14.3. The van der Waals surface area contributed by atoms with Crippen molar-refractivity contribution in [3.8, 4) is 5.69 Å². The molecule has 0 saturated heterocycles. The summed E-state index contributed by atoms with van der Waals surface area (Å²) in [6.07, 6.45) is 4.91. The van der Waals surface area contributed by atoms with Gasteiger partial charge < -0.3 is 15.2 Å². The summed E-state index contributed by atoms with van der Waals surface area (Å²) in [6, 6.07) is 5.15. The zero-order valence-electron chi connectivity index (χ0n) is 15.6. The van der Waals surface area contributed by atoms with E-state index in [0.29, 0.717) is 30.7 Å². The highest BCUT2D eigenvalue weighted by Gasteiger charge is 2.08. The van der Waals surface area contributed by atoms with Crippen LogP contribution < -0.4 is 10.6 Å². The van der Waals surface area contributed by atoms with E-state index in [9.17, 15) is 4.39 Å². The zero-order valence-corrected chi connectivity index (χ0v) is 16.4. The molecule has 142 valence electrons. The van der Waals surface area contributed by atoms with Crippen molar-refractivity contribution in [2.24, 2.45) is 4.99 Å². The number of nitrogens with one attached hydrogen (secondary N) is 2. The number of imidazole rings is 1. The van der Waals surface area contributed by atoms with Crippen molar-refractivity contribution in [1.82, 2.24) is 25.2 Å². The molecule has 0 bridgehead atoms. The number of halogens is 1. The number of aliphatic imine (C=N–C) groups is 1. The van der Waals surface area contributed by atoms with Gasteiger partial charge in [-0.25, -0.2) is 14.4 Å². The third kappa shape index (κ3) is 4.91. The topological polar surface area (TPSA) is 67.1 Å². The Morgan fingerprint density at radius 1 is 1.30 bits per heavy atom. The third-order valence-electron chi connectivity index (χ3n) is 4.05. The van der Waals surface area contributed by atoms with E-state index in [0.717, 1.165) is 16.3 Å². The molecule has 0 aliphatic rings. The highest BCUT2D eigenvalue weighted by atomic mass is 32.1. The molecule has 3 aromatic rings. The first-order chi connectivity index (χ1) is 13.1. The molecular weight excluding hydrogens is 363 g/mol. The standard InChI is InChI=1S/C19H23FN6S/c1-13(2)16-11-27-18(25-16)10-24-19(21-3)23-9-14-4-5-17(15(20)8-14)26-7-6-22-12-26/h4-8,11-13H,9-10H2,1-3H3,(H2,21,23,24). The molecule has 0 amide bonds. The average molecular weight is 387 g/mol. The molecule has 0 unspecified atom stereocenters. The van der Waals surface area contributed by atoms with Crippen LogP contribution in [0, 0.1) is 5.82 Å². The summed E-state index contributed by atoms with van der Waals surface area (Å²) in [4.78, 5) is 12.7. The van der Waals surface area contributed by atoms with E-state index in [1.54, 1.807) is 47.7 Å².